The highest BCUT2D eigenvalue weighted by Gasteiger charge is 2.01. The smallest absolute Gasteiger partial charge is 0.169 e. The van der Waals surface area contributed by atoms with E-state index in [0.29, 0.717) is 0 Å². The summed E-state index contributed by atoms with van der Waals surface area (Å²) in [5.41, 5.74) is 1.49. The molecule has 1 aromatic rings. The van der Waals surface area contributed by atoms with Crippen LogP contribution >= 0.6 is 0 Å². The van der Waals surface area contributed by atoms with E-state index in [4.69, 9.17) is 0 Å². The van der Waals surface area contributed by atoms with E-state index in [1.165, 1.54) is 141 Å². The molecule has 1 nitrogen and oxygen atoms in total. The van der Waals surface area contributed by atoms with E-state index in [-0.39, 0.29) is 0 Å². The maximum atomic E-state index is 2.36. The molecule has 1 heterocycles. The Hall–Kier alpha value is -0.850. The largest absolute Gasteiger partial charge is 0.205 e. The van der Waals surface area contributed by atoms with Crippen molar-refractivity contribution >= 4 is 0 Å². The molecular formula is C28H52N+. The van der Waals surface area contributed by atoms with Crippen molar-refractivity contribution in [1.82, 2.24) is 0 Å². The minimum absolute atomic E-state index is 1.19. The molecule has 29 heavy (non-hydrogen) atoms. The standard InChI is InChI=1S/C28H52N/c1-3-5-7-8-9-10-11-12-13-14-15-16-17-18-19-20-21-25-29-26-23-28(24-27-29)22-6-4-2/h23-24,26-27H,3-22,25H2,1-2H3/q+1. The molecule has 1 aromatic heterocycles. The van der Waals surface area contributed by atoms with Crippen molar-refractivity contribution in [2.24, 2.45) is 0 Å². The first-order valence-electron chi connectivity index (χ1n) is 13.3. The first-order valence-corrected chi connectivity index (χ1v) is 13.3. The summed E-state index contributed by atoms with van der Waals surface area (Å²) in [7, 11) is 0. The van der Waals surface area contributed by atoms with Crippen LogP contribution in [-0.2, 0) is 13.0 Å². The van der Waals surface area contributed by atoms with Gasteiger partial charge in [0.1, 0.15) is 6.54 Å². The van der Waals surface area contributed by atoms with Crippen LogP contribution < -0.4 is 4.57 Å². The normalized spacial score (nSPS) is 11.2. The molecule has 0 aromatic carbocycles. The topological polar surface area (TPSA) is 3.88 Å². The lowest BCUT2D eigenvalue weighted by molar-refractivity contribution is -0.697. The van der Waals surface area contributed by atoms with Gasteiger partial charge >= 0.3 is 0 Å². The van der Waals surface area contributed by atoms with E-state index < -0.39 is 0 Å². The lowest BCUT2D eigenvalue weighted by Crippen LogP contribution is -2.32. The van der Waals surface area contributed by atoms with Gasteiger partial charge in [-0.1, -0.05) is 117 Å². The SMILES string of the molecule is CCCCCCCCCCCCCCCCCCC[n+]1ccc(CCCC)cc1. The molecule has 0 atom stereocenters. The number of rotatable bonds is 21. The van der Waals surface area contributed by atoms with Crippen molar-refractivity contribution in [2.75, 3.05) is 0 Å². The van der Waals surface area contributed by atoms with Gasteiger partial charge in [0, 0.05) is 18.6 Å². The van der Waals surface area contributed by atoms with Crippen LogP contribution in [0.15, 0.2) is 24.5 Å². The predicted molar refractivity (Wildman–Crippen MR) is 129 cm³/mol. The Morgan fingerprint density at radius 1 is 0.483 bits per heavy atom. The van der Waals surface area contributed by atoms with Crippen LogP contribution in [0.5, 0.6) is 0 Å². The average Bonchev–Trinajstić information content (AvgIpc) is 2.75. The molecule has 1 heteroatoms. The summed E-state index contributed by atoms with van der Waals surface area (Å²) in [6, 6.07) is 4.62. The van der Waals surface area contributed by atoms with Crippen LogP contribution in [0.1, 0.15) is 141 Å². The van der Waals surface area contributed by atoms with Crippen molar-refractivity contribution in [1.29, 1.82) is 0 Å². The number of nitrogens with zero attached hydrogens (tertiary/aromatic N) is 1. The predicted octanol–water partition coefficient (Wildman–Crippen LogP) is 8.97. The number of hydrogen-bond acceptors (Lipinski definition) is 0. The highest BCUT2D eigenvalue weighted by Crippen LogP contribution is 2.14. The van der Waals surface area contributed by atoms with Gasteiger partial charge in [-0.25, -0.2) is 4.57 Å². The molecular weight excluding hydrogens is 350 g/mol. The molecule has 0 saturated heterocycles. The molecule has 0 N–H and O–H groups in total. The van der Waals surface area contributed by atoms with Gasteiger partial charge in [0.2, 0.25) is 0 Å². The molecule has 0 aliphatic rings. The van der Waals surface area contributed by atoms with Gasteiger partial charge < -0.3 is 0 Å². The zero-order chi connectivity index (χ0) is 20.8. The number of aryl methyl sites for hydroxylation is 2. The average molecular weight is 403 g/mol. The Balaban J connectivity index is 1.79. The Labute approximate surface area is 183 Å². The van der Waals surface area contributed by atoms with Gasteiger partial charge in [-0.15, -0.1) is 0 Å². The highest BCUT2D eigenvalue weighted by atomic mass is 14.9. The molecule has 0 spiro atoms. The summed E-state index contributed by atoms with van der Waals surface area (Å²) in [6.45, 7) is 5.75. The van der Waals surface area contributed by atoms with Crippen molar-refractivity contribution in [3.63, 3.8) is 0 Å². The molecule has 0 fully saturated rings. The minimum Gasteiger partial charge on any atom is -0.205 e. The summed E-state index contributed by atoms with van der Waals surface area (Å²) in [4.78, 5) is 0. The van der Waals surface area contributed by atoms with Gasteiger partial charge in [0.05, 0.1) is 0 Å². The number of aromatic nitrogens is 1. The van der Waals surface area contributed by atoms with E-state index in [1.807, 2.05) is 0 Å². The van der Waals surface area contributed by atoms with Crippen molar-refractivity contribution in [2.45, 2.75) is 149 Å². The van der Waals surface area contributed by atoms with Gasteiger partial charge in [-0.3, -0.25) is 0 Å². The Morgan fingerprint density at radius 3 is 1.28 bits per heavy atom. The molecule has 168 valence electrons. The molecule has 0 amide bonds. The van der Waals surface area contributed by atoms with E-state index >= 15 is 0 Å². The molecule has 0 bridgehead atoms. The molecule has 0 aliphatic heterocycles. The fraction of sp³-hybridized carbons (Fsp3) is 0.821. The third-order valence-electron chi connectivity index (χ3n) is 6.30. The summed E-state index contributed by atoms with van der Waals surface area (Å²) in [5, 5.41) is 0. The summed E-state index contributed by atoms with van der Waals surface area (Å²) in [6.07, 6.45) is 32.9. The van der Waals surface area contributed by atoms with Crippen LogP contribution in [0.4, 0.5) is 0 Å². The number of hydrogen-bond donors (Lipinski definition) is 0. The number of pyridine rings is 1. The molecule has 0 radical (unpaired) electrons. The van der Waals surface area contributed by atoms with E-state index in [9.17, 15) is 0 Å². The lowest BCUT2D eigenvalue weighted by Gasteiger charge is -2.03. The zero-order valence-corrected chi connectivity index (χ0v) is 20.1. The van der Waals surface area contributed by atoms with Gasteiger partial charge in [-0.2, -0.15) is 0 Å². The maximum absolute atomic E-state index is 2.36. The first kappa shape index (κ1) is 26.2. The fourth-order valence-corrected chi connectivity index (χ4v) is 4.20. The highest BCUT2D eigenvalue weighted by molar-refractivity contribution is 5.06. The molecule has 0 aliphatic carbocycles. The van der Waals surface area contributed by atoms with Crippen LogP contribution in [-0.4, -0.2) is 0 Å². The zero-order valence-electron chi connectivity index (χ0n) is 20.1. The van der Waals surface area contributed by atoms with E-state index in [0.717, 1.165) is 0 Å². The van der Waals surface area contributed by atoms with E-state index in [1.54, 1.807) is 0 Å². The molecule has 0 saturated carbocycles. The monoisotopic (exact) mass is 402 g/mol. The molecule has 1 rings (SSSR count). The Bertz CT molecular complexity index is 436. The fourth-order valence-electron chi connectivity index (χ4n) is 4.20. The summed E-state index contributed by atoms with van der Waals surface area (Å²) < 4.78 is 2.36. The summed E-state index contributed by atoms with van der Waals surface area (Å²) in [5.74, 6) is 0. The second-order valence-corrected chi connectivity index (χ2v) is 9.20. The molecule has 0 unspecified atom stereocenters. The third kappa shape index (κ3) is 16.6. The van der Waals surface area contributed by atoms with Gasteiger partial charge in [0.25, 0.3) is 0 Å². The van der Waals surface area contributed by atoms with Crippen LogP contribution in [0, 0.1) is 0 Å². The minimum atomic E-state index is 1.19. The second-order valence-electron chi connectivity index (χ2n) is 9.20. The summed E-state index contributed by atoms with van der Waals surface area (Å²) >= 11 is 0. The van der Waals surface area contributed by atoms with Crippen LogP contribution in [0.25, 0.3) is 0 Å². The second kappa shape index (κ2) is 20.4. The quantitative estimate of drug-likeness (QED) is 0.143. The maximum Gasteiger partial charge on any atom is 0.169 e. The third-order valence-corrected chi connectivity index (χ3v) is 6.30. The van der Waals surface area contributed by atoms with Gasteiger partial charge in [-0.05, 0) is 24.8 Å². The number of unbranched alkanes of at least 4 members (excludes halogenated alkanes) is 17. The van der Waals surface area contributed by atoms with Crippen molar-refractivity contribution < 1.29 is 4.57 Å². The van der Waals surface area contributed by atoms with Crippen molar-refractivity contribution in [3.8, 4) is 0 Å². The first-order chi connectivity index (χ1) is 14.4. The van der Waals surface area contributed by atoms with E-state index in [2.05, 4.69) is 42.9 Å². The Morgan fingerprint density at radius 2 is 0.862 bits per heavy atom. The van der Waals surface area contributed by atoms with Crippen LogP contribution in [0.2, 0.25) is 0 Å². The van der Waals surface area contributed by atoms with Gasteiger partial charge in [0.15, 0.2) is 12.4 Å². The van der Waals surface area contributed by atoms with Crippen LogP contribution in [0.3, 0.4) is 0 Å². The van der Waals surface area contributed by atoms with Crippen molar-refractivity contribution in [3.05, 3.63) is 30.1 Å². The lowest BCUT2D eigenvalue weighted by atomic mass is 10.0. The Kier molecular flexibility index (Phi) is 18.4.